The third-order valence-electron chi connectivity index (χ3n) is 3.54. The van der Waals surface area contributed by atoms with Gasteiger partial charge in [0.15, 0.2) is 5.65 Å². The van der Waals surface area contributed by atoms with Crippen molar-refractivity contribution in [1.82, 2.24) is 19.7 Å². The van der Waals surface area contributed by atoms with E-state index in [1.165, 1.54) is 0 Å². The fourth-order valence-corrected chi connectivity index (χ4v) is 2.31. The maximum atomic E-state index is 10.2. The van der Waals surface area contributed by atoms with Crippen LogP contribution in [0.1, 0.15) is 17.4 Å². The minimum atomic E-state index is -0.563. The van der Waals surface area contributed by atoms with E-state index in [1.807, 2.05) is 41.1 Å². The van der Waals surface area contributed by atoms with Crippen molar-refractivity contribution in [3.63, 3.8) is 0 Å². The van der Waals surface area contributed by atoms with E-state index in [9.17, 15) is 5.11 Å². The van der Waals surface area contributed by atoms with Crippen LogP contribution in [0.25, 0.3) is 5.65 Å². The van der Waals surface area contributed by atoms with Gasteiger partial charge >= 0.3 is 0 Å². The molecule has 0 aliphatic rings. The summed E-state index contributed by atoms with van der Waals surface area (Å²) in [5.41, 5.74) is 2.70. The maximum absolute atomic E-state index is 10.2. The van der Waals surface area contributed by atoms with Crippen LogP contribution in [-0.2, 0) is 6.54 Å². The van der Waals surface area contributed by atoms with Crippen LogP contribution in [0.15, 0.2) is 49.1 Å². The predicted octanol–water partition coefficient (Wildman–Crippen LogP) is 1.56. The Kier molecular flexibility index (Phi) is 4.32. The molecule has 2 aromatic heterocycles. The number of nitrogens with zero attached hydrogens (tertiary/aromatic N) is 3. The van der Waals surface area contributed by atoms with Crippen LogP contribution in [-0.4, -0.2) is 33.1 Å². The highest BCUT2D eigenvalue weighted by molar-refractivity contribution is 5.36. The highest BCUT2D eigenvalue weighted by Gasteiger charge is 2.08. The second kappa shape index (κ2) is 6.55. The Balaban J connectivity index is 1.58. The predicted molar refractivity (Wildman–Crippen MR) is 82.6 cm³/mol. The monoisotopic (exact) mass is 298 g/mol. The maximum Gasteiger partial charge on any atom is 0.155 e. The summed E-state index contributed by atoms with van der Waals surface area (Å²) in [5.74, 6) is 0.781. The fourth-order valence-electron chi connectivity index (χ4n) is 2.31. The number of aromatic nitrogens is 3. The van der Waals surface area contributed by atoms with Crippen LogP contribution in [0.2, 0.25) is 0 Å². The number of aliphatic hydroxyl groups excluding tert-OH is 1. The fraction of sp³-hybridized carbons (Fsp3) is 0.250. The lowest BCUT2D eigenvalue weighted by atomic mass is 10.1. The van der Waals surface area contributed by atoms with Gasteiger partial charge < -0.3 is 15.2 Å². The first-order valence-corrected chi connectivity index (χ1v) is 7.06. The van der Waals surface area contributed by atoms with Gasteiger partial charge in [-0.05, 0) is 17.7 Å². The third-order valence-corrected chi connectivity index (χ3v) is 3.54. The minimum Gasteiger partial charge on any atom is -0.497 e. The van der Waals surface area contributed by atoms with Gasteiger partial charge in [0.25, 0.3) is 0 Å². The van der Waals surface area contributed by atoms with E-state index >= 15 is 0 Å². The normalized spacial score (nSPS) is 12.5. The van der Waals surface area contributed by atoms with E-state index in [1.54, 1.807) is 19.5 Å². The molecular weight excluding hydrogens is 280 g/mol. The molecule has 22 heavy (non-hydrogen) atoms. The summed E-state index contributed by atoms with van der Waals surface area (Å²) in [6.45, 7) is 1.09. The third kappa shape index (κ3) is 3.08. The molecule has 0 spiro atoms. The number of imidazole rings is 1. The van der Waals surface area contributed by atoms with Gasteiger partial charge in [0.1, 0.15) is 5.75 Å². The summed E-state index contributed by atoms with van der Waals surface area (Å²) in [6, 6.07) is 7.42. The quantitative estimate of drug-likeness (QED) is 0.722. The molecule has 1 aromatic carbocycles. The van der Waals surface area contributed by atoms with Crippen molar-refractivity contribution in [2.24, 2.45) is 0 Å². The molecule has 3 rings (SSSR count). The van der Waals surface area contributed by atoms with Gasteiger partial charge in [-0.2, -0.15) is 0 Å². The van der Waals surface area contributed by atoms with Gasteiger partial charge in [0.2, 0.25) is 0 Å². The Bertz CT molecular complexity index is 739. The van der Waals surface area contributed by atoms with Crippen molar-refractivity contribution in [2.45, 2.75) is 12.6 Å². The van der Waals surface area contributed by atoms with Crippen molar-refractivity contribution in [2.75, 3.05) is 13.7 Å². The summed E-state index contributed by atoms with van der Waals surface area (Å²) < 4.78 is 7.08. The van der Waals surface area contributed by atoms with Gasteiger partial charge in [-0.1, -0.05) is 12.1 Å². The molecule has 0 aliphatic carbocycles. The molecule has 0 bridgehead atoms. The Hall–Kier alpha value is -2.44. The van der Waals surface area contributed by atoms with E-state index in [0.29, 0.717) is 13.1 Å². The summed E-state index contributed by atoms with van der Waals surface area (Å²) in [5, 5.41) is 13.4. The minimum absolute atomic E-state index is 0.463. The zero-order valence-corrected chi connectivity index (χ0v) is 12.3. The average Bonchev–Trinajstić information content (AvgIpc) is 2.98. The van der Waals surface area contributed by atoms with E-state index < -0.39 is 6.10 Å². The summed E-state index contributed by atoms with van der Waals surface area (Å²) in [7, 11) is 1.62. The lowest BCUT2D eigenvalue weighted by Gasteiger charge is -2.12. The van der Waals surface area contributed by atoms with Crippen LogP contribution in [0, 0.1) is 0 Å². The summed E-state index contributed by atoms with van der Waals surface area (Å²) >= 11 is 0. The highest BCUT2D eigenvalue weighted by Crippen LogP contribution is 2.17. The molecule has 0 aliphatic heterocycles. The average molecular weight is 298 g/mol. The summed E-state index contributed by atoms with van der Waals surface area (Å²) in [6.07, 6.45) is 6.56. The molecule has 0 fully saturated rings. The molecule has 6 heteroatoms. The van der Waals surface area contributed by atoms with Gasteiger partial charge in [0.05, 0.1) is 31.3 Å². The van der Waals surface area contributed by atoms with Crippen molar-refractivity contribution in [3.8, 4) is 5.75 Å². The van der Waals surface area contributed by atoms with Gasteiger partial charge in [-0.25, -0.2) is 4.98 Å². The molecule has 0 saturated carbocycles. The van der Waals surface area contributed by atoms with Gasteiger partial charge in [-0.3, -0.25) is 9.38 Å². The smallest absolute Gasteiger partial charge is 0.155 e. The molecular formula is C16H18N4O2. The number of nitrogens with one attached hydrogen (secondary N) is 1. The molecule has 0 radical (unpaired) electrons. The number of hydrogen-bond donors (Lipinski definition) is 2. The molecule has 3 aromatic rings. The van der Waals surface area contributed by atoms with Crippen molar-refractivity contribution in [3.05, 3.63) is 60.3 Å². The van der Waals surface area contributed by atoms with Crippen molar-refractivity contribution >= 4 is 5.65 Å². The molecule has 0 amide bonds. The van der Waals surface area contributed by atoms with Crippen LogP contribution in [0.5, 0.6) is 5.75 Å². The first-order chi connectivity index (χ1) is 10.8. The van der Waals surface area contributed by atoms with E-state index in [-0.39, 0.29) is 0 Å². The van der Waals surface area contributed by atoms with E-state index in [2.05, 4.69) is 15.3 Å². The molecule has 6 nitrogen and oxygen atoms in total. The Morgan fingerprint density at radius 3 is 2.86 bits per heavy atom. The molecule has 2 N–H and O–H groups in total. The second-order valence-electron chi connectivity index (χ2n) is 4.97. The van der Waals surface area contributed by atoms with Gasteiger partial charge in [0, 0.05) is 25.5 Å². The van der Waals surface area contributed by atoms with Crippen LogP contribution >= 0.6 is 0 Å². The lowest BCUT2D eigenvalue weighted by molar-refractivity contribution is 0.174. The number of ether oxygens (including phenoxy) is 1. The largest absolute Gasteiger partial charge is 0.497 e. The zero-order chi connectivity index (χ0) is 15.4. The number of aliphatic hydroxyl groups is 1. The second-order valence-corrected chi connectivity index (χ2v) is 4.97. The number of rotatable bonds is 6. The van der Waals surface area contributed by atoms with Crippen LogP contribution in [0.4, 0.5) is 0 Å². The number of methoxy groups -OCH3 is 1. The Morgan fingerprint density at radius 2 is 2.09 bits per heavy atom. The topological polar surface area (TPSA) is 71.7 Å². The van der Waals surface area contributed by atoms with Crippen molar-refractivity contribution in [1.29, 1.82) is 0 Å². The van der Waals surface area contributed by atoms with Crippen molar-refractivity contribution < 1.29 is 9.84 Å². The number of hydrogen-bond acceptors (Lipinski definition) is 5. The molecule has 114 valence electrons. The van der Waals surface area contributed by atoms with Crippen LogP contribution < -0.4 is 10.1 Å². The standard InChI is InChI=1S/C16H18N4O2/c1-22-14-4-2-12(3-5-14)15(21)10-18-8-13-9-19-16-11-17-6-7-20(13)16/h2-7,9,11,15,18,21H,8,10H2,1H3. The molecule has 0 saturated heterocycles. The zero-order valence-electron chi connectivity index (χ0n) is 12.3. The molecule has 1 unspecified atom stereocenters. The molecule has 1 atom stereocenters. The number of benzene rings is 1. The molecule has 2 heterocycles. The lowest BCUT2D eigenvalue weighted by Crippen LogP contribution is -2.21. The highest BCUT2D eigenvalue weighted by atomic mass is 16.5. The first kappa shape index (κ1) is 14.5. The first-order valence-electron chi connectivity index (χ1n) is 7.06. The van der Waals surface area contributed by atoms with Crippen LogP contribution in [0.3, 0.4) is 0 Å². The summed E-state index contributed by atoms with van der Waals surface area (Å²) in [4.78, 5) is 8.31. The van der Waals surface area contributed by atoms with Gasteiger partial charge in [-0.15, -0.1) is 0 Å². The Labute approximate surface area is 128 Å². The SMILES string of the molecule is COc1ccc(C(O)CNCc2cnc3cnccn23)cc1. The Morgan fingerprint density at radius 1 is 1.27 bits per heavy atom. The van der Waals surface area contributed by atoms with E-state index in [0.717, 1.165) is 22.7 Å². The van der Waals surface area contributed by atoms with E-state index in [4.69, 9.17) is 4.74 Å². The number of fused-ring (bicyclic) bond motifs is 1.